The van der Waals surface area contributed by atoms with Crippen LogP contribution in [0.25, 0.3) is 0 Å². The van der Waals surface area contributed by atoms with E-state index in [0.29, 0.717) is 19.3 Å². The van der Waals surface area contributed by atoms with Gasteiger partial charge < -0.3 is 39.9 Å². The summed E-state index contributed by atoms with van der Waals surface area (Å²) in [5.41, 5.74) is 0. The molecular weight excluding hydrogens is 819 g/mol. The van der Waals surface area contributed by atoms with Gasteiger partial charge in [0.1, 0.15) is 43.2 Å². The van der Waals surface area contributed by atoms with Crippen LogP contribution in [0.2, 0.25) is 0 Å². The summed E-state index contributed by atoms with van der Waals surface area (Å²) in [4.78, 5) is 47.4. The van der Waals surface area contributed by atoms with Crippen LogP contribution >= 0.6 is 7.82 Å². The maximum Gasteiger partial charge on any atom is 0.472 e. The Morgan fingerprint density at radius 3 is 1.66 bits per heavy atom. The van der Waals surface area contributed by atoms with Crippen molar-refractivity contribution in [2.45, 2.75) is 191 Å². The molecule has 0 radical (unpaired) electrons. The molecule has 14 nitrogen and oxygen atoms in total. The maximum absolute atomic E-state index is 12.8. The van der Waals surface area contributed by atoms with Crippen molar-refractivity contribution in [1.82, 2.24) is 0 Å². The van der Waals surface area contributed by atoms with Gasteiger partial charge in [0.25, 0.3) is 0 Å². The number of aliphatic hydroxyl groups excluding tert-OH is 5. The van der Waals surface area contributed by atoms with E-state index in [-0.39, 0.29) is 18.6 Å². The lowest BCUT2D eigenvalue weighted by Gasteiger charge is -2.41. The molecule has 3 unspecified atom stereocenters. The summed E-state index contributed by atoms with van der Waals surface area (Å²) in [6, 6.07) is 0. The van der Waals surface area contributed by atoms with Crippen LogP contribution in [0.4, 0.5) is 0 Å². The third kappa shape index (κ3) is 28.6. The molecule has 0 aromatic heterocycles. The largest absolute Gasteiger partial charge is 0.472 e. The van der Waals surface area contributed by atoms with Gasteiger partial charge in [-0.2, -0.15) is 0 Å². The average molecular weight is 897 g/mol. The second-order valence-corrected chi connectivity index (χ2v) is 17.0. The number of esters is 2. The van der Waals surface area contributed by atoms with Crippen molar-refractivity contribution in [3.05, 3.63) is 72.9 Å². The molecule has 8 atom stereocenters. The topological polar surface area (TPSA) is 227 Å². The Labute approximate surface area is 370 Å². The Balaban J connectivity index is 2.52. The van der Waals surface area contributed by atoms with E-state index in [1.54, 1.807) is 12.2 Å². The minimum absolute atomic E-state index is 0.0472. The van der Waals surface area contributed by atoms with Crippen LogP contribution in [0.1, 0.15) is 149 Å². The summed E-state index contributed by atoms with van der Waals surface area (Å²) in [5.74, 6) is -1.05. The van der Waals surface area contributed by atoms with Crippen molar-refractivity contribution in [2.75, 3.05) is 13.2 Å². The Bertz CT molecular complexity index is 1420. The van der Waals surface area contributed by atoms with Crippen LogP contribution in [0.15, 0.2) is 72.9 Å². The Hall–Kier alpha value is -3.04. The molecule has 1 aliphatic rings. The molecule has 62 heavy (non-hydrogen) atoms. The van der Waals surface area contributed by atoms with Gasteiger partial charge in [-0.15, -0.1) is 0 Å². The lowest BCUT2D eigenvalue weighted by molar-refractivity contribution is -0.220. The van der Waals surface area contributed by atoms with Gasteiger partial charge in [-0.3, -0.25) is 23.4 Å². The third-order valence-electron chi connectivity index (χ3n) is 10.0. The molecule has 1 fully saturated rings. The fourth-order valence-corrected chi connectivity index (χ4v) is 7.29. The van der Waals surface area contributed by atoms with Crippen LogP contribution in [0.3, 0.4) is 0 Å². The number of aliphatic hydroxyl groups is 5. The lowest BCUT2D eigenvalue weighted by Crippen LogP contribution is -2.64. The van der Waals surface area contributed by atoms with Crippen molar-refractivity contribution in [2.24, 2.45) is 0 Å². The smallest absolute Gasteiger partial charge is 0.462 e. The van der Waals surface area contributed by atoms with Gasteiger partial charge in [-0.05, 0) is 76.7 Å². The van der Waals surface area contributed by atoms with Crippen molar-refractivity contribution >= 4 is 25.5 Å². The predicted octanol–water partition coefficient (Wildman–Crippen LogP) is 7.90. The molecule has 0 aromatic carbocycles. The fourth-order valence-electron chi connectivity index (χ4n) is 6.32. The quantitative estimate of drug-likeness (QED) is 0.00878. The summed E-state index contributed by atoms with van der Waals surface area (Å²) in [5, 5.41) is 50.1. The molecular formula is C47H77O14P. The van der Waals surface area contributed by atoms with Crippen LogP contribution in [-0.4, -0.2) is 104 Å². The maximum atomic E-state index is 12.8. The zero-order chi connectivity index (χ0) is 45.9. The Morgan fingerprint density at radius 2 is 1.06 bits per heavy atom. The highest BCUT2D eigenvalue weighted by molar-refractivity contribution is 7.47. The zero-order valence-electron chi connectivity index (χ0n) is 37.1. The summed E-state index contributed by atoms with van der Waals surface area (Å²) < 4.78 is 33.4. The molecule has 0 aliphatic heterocycles. The van der Waals surface area contributed by atoms with E-state index in [4.69, 9.17) is 18.5 Å². The first-order valence-corrected chi connectivity index (χ1v) is 24.2. The van der Waals surface area contributed by atoms with E-state index in [9.17, 15) is 49.4 Å². The van der Waals surface area contributed by atoms with Crippen molar-refractivity contribution in [3.8, 4) is 0 Å². The summed E-state index contributed by atoms with van der Waals surface area (Å²) in [6.45, 7) is 2.97. The molecule has 354 valence electrons. The number of carbonyl (C=O) groups excluding carboxylic acids is 3. The first-order valence-electron chi connectivity index (χ1n) is 22.7. The summed E-state index contributed by atoms with van der Waals surface area (Å²) >= 11 is 0. The number of phosphoric ester groups is 1. The van der Waals surface area contributed by atoms with Gasteiger partial charge in [0, 0.05) is 19.3 Å². The van der Waals surface area contributed by atoms with Crippen molar-refractivity contribution < 1.29 is 67.9 Å². The van der Waals surface area contributed by atoms with E-state index in [0.717, 1.165) is 103 Å². The highest BCUT2D eigenvalue weighted by Crippen LogP contribution is 2.47. The van der Waals surface area contributed by atoms with Crippen molar-refractivity contribution in [3.63, 3.8) is 0 Å². The second kappa shape index (κ2) is 36.3. The first-order chi connectivity index (χ1) is 29.8. The molecule has 1 aliphatic carbocycles. The standard InChI is InChI=1S/C47H77O14P/c1-3-5-7-8-9-10-11-12-13-14-15-16-17-20-24-27-31-35-41(50)60-39(37-59-62(56,57)61-47-45(54)43(52)42(51)44(53)46(47)55)36-58-40(49)34-30-26-23-21-18-19-22-25-29-33-38(48)32-28-6-4-2/h5,7,9-10,12-13,15-16,22,25,29,33,39,42-47,51-55H,3-4,6,8,11,14,17-21,23-24,26-28,30-32,34-37H2,1-2H3,(H,56,57)/b7-5-,10-9-,13-12-,16-15-,25-22-,33-29+/t39-,42?,43-,44+,45-,46-,47?/m1/s1. The second-order valence-electron chi connectivity index (χ2n) is 15.6. The highest BCUT2D eigenvalue weighted by Gasteiger charge is 2.51. The third-order valence-corrected chi connectivity index (χ3v) is 11.0. The molecule has 0 bridgehead atoms. The number of allylic oxidation sites excluding steroid dienone is 12. The number of phosphoric acid groups is 1. The van der Waals surface area contributed by atoms with E-state index >= 15 is 0 Å². The number of rotatable bonds is 36. The molecule has 15 heteroatoms. The van der Waals surface area contributed by atoms with Crippen LogP contribution in [-0.2, 0) is 37.5 Å². The molecule has 0 aromatic rings. The van der Waals surface area contributed by atoms with Gasteiger partial charge in [0.15, 0.2) is 11.9 Å². The Morgan fingerprint density at radius 1 is 0.565 bits per heavy atom. The minimum Gasteiger partial charge on any atom is -0.462 e. The van der Waals surface area contributed by atoms with Crippen molar-refractivity contribution in [1.29, 1.82) is 0 Å². The molecule has 1 saturated carbocycles. The number of ether oxygens (including phenoxy) is 2. The van der Waals surface area contributed by atoms with E-state index < -0.39 is 75.7 Å². The van der Waals surface area contributed by atoms with Crippen LogP contribution < -0.4 is 0 Å². The molecule has 6 N–H and O–H groups in total. The molecule has 0 spiro atoms. The van der Waals surface area contributed by atoms with E-state index in [1.807, 2.05) is 12.2 Å². The van der Waals surface area contributed by atoms with Crippen LogP contribution in [0.5, 0.6) is 0 Å². The number of hydrogen-bond acceptors (Lipinski definition) is 13. The normalized spacial score (nSPS) is 22.5. The molecule has 1 rings (SSSR count). The SMILES string of the molecule is CC/C=C\C/C=C\C/C=C\C/C=C\CCCCCCC(=O)O[C@H](COC(=O)CCCCCCC/C=C\C=C\C(=O)CCCCC)COP(=O)(O)OC1[C@H](O)[C@H](O)C(O)[C@H](O)[C@H]1O. The number of ketones is 1. The lowest BCUT2D eigenvalue weighted by atomic mass is 9.85. The monoisotopic (exact) mass is 897 g/mol. The van der Waals surface area contributed by atoms with Gasteiger partial charge >= 0.3 is 19.8 Å². The van der Waals surface area contributed by atoms with Crippen LogP contribution in [0, 0.1) is 0 Å². The average Bonchev–Trinajstić information content (AvgIpc) is 3.25. The number of carbonyl (C=O) groups is 3. The predicted molar refractivity (Wildman–Crippen MR) is 240 cm³/mol. The summed E-state index contributed by atoms with van der Waals surface area (Å²) in [7, 11) is -5.15. The highest BCUT2D eigenvalue weighted by atomic mass is 31.2. The Kier molecular flexibility index (Phi) is 33.4. The van der Waals surface area contributed by atoms with Gasteiger partial charge in [0.2, 0.25) is 0 Å². The minimum atomic E-state index is -5.15. The van der Waals surface area contributed by atoms with E-state index in [2.05, 4.69) is 62.5 Å². The van der Waals surface area contributed by atoms with Gasteiger partial charge in [-0.1, -0.05) is 126 Å². The fraction of sp³-hybridized carbons (Fsp3) is 0.681. The molecule has 0 saturated heterocycles. The first kappa shape index (κ1) is 57.0. The number of unbranched alkanes of at least 4 members (excludes halogenated alkanes) is 11. The van der Waals surface area contributed by atoms with Gasteiger partial charge in [-0.25, -0.2) is 4.57 Å². The molecule has 0 heterocycles. The van der Waals surface area contributed by atoms with E-state index in [1.165, 1.54) is 0 Å². The van der Waals surface area contributed by atoms with Gasteiger partial charge in [0.05, 0.1) is 6.61 Å². The summed E-state index contributed by atoms with van der Waals surface area (Å²) in [6.07, 6.45) is 27.9. The number of hydrogen-bond donors (Lipinski definition) is 6. The zero-order valence-corrected chi connectivity index (χ0v) is 38.0. The molecule has 0 amide bonds.